The highest BCUT2D eigenvalue weighted by atomic mass is 79.9. The molecular formula is C13H10Br2N2O3S. The Kier molecular flexibility index (Phi) is 4.80. The van der Waals surface area contributed by atoms with Gasteiger partial charge in [0.05, 0.1) is 13.6 Å². The zero-order chi connectivity index (χ0) is 15.7. The van der Waals surface area contributed by atoms with Gasteiger partial charge in [-0.05, 0) is 63.4 Å². The average Bonchev–Trinajstić information content (AvgIpc) is 2.73. The third-order valence-corrected chi connectivity index (χ3v) is 6.11. The van der Waals surface area contributed by atoms with Crippen LogP contribution in [0.4, 0.5) is 11.4 Å². The lowest BCUT2D eigenvalue weighted by Gasteiger charge is -2.09. The Bertz CT molecular complexity index is 724. The summed E-state index contributed by atoms with van der Waals surface area (Å²) in [6, 6.07) is 4.80. The molecule has 0 spiro atoms. The maximum atomic E-state index is 12.2. The van der Waals surface area contributed by atoms with E-state index in [1.54, 1.807) is 26.0 Å². The number of carbonyl (C=O) groups excluding carboxylic acids is 1. The number of halogens is 2. The van der Waals surface area contributed by atoms with E-state index >= 15 is 0 Å². The van der Waals surface area contributed by atoms with E-state index in [0.29, 0.717) is 21.7 Å². The zero-order valence-corrected chi connectivity index (χ0v) is 15.1. The first-order chi connectivity index (χ1) is 9.79. The van der Waals surface area contributed by atoms with Gasteiger partial charge in [0, 0.05) is 21.8 Å². The van der Waals surface area contributed by atoms with E-state index in [0.717, 1.165) is 8.26 Å². The Morgan fingerprint density at radius 1 is 1.24 bits per heavy atom. The van der Waals surface area contributed by atoms with E-state index in [2.05, 4.69) is 37.2 Å². The summed E-state index contributed by atoms with van der Waals surface area (Å²) >= 11 is 7.98. The number of nitrogens with zero attached hydrogens (tertiary/aromatic N) is 1. The number of nitrogens with one attached hydrogen (secondary N) is 1. The summed E-state index contributed by atoms with van der Waals surface area (Å²) < 4.78 is 1.65. The van der Waals surface area contributed by atoms with Crippen molar-refractivity contribution in [3.8, 4) is 0 Å². The molecule has 0 aliphatic heterocycles. The minimum Gasteiger partial charge on any atom is -0.321 e. The molecule has 0 fully saturated rings. The highest BCUT2D eigenvalue weighted by molar-refractivity contribution is 9.13. The van der Waals surface area contributed by atoms with E-state index in [-0.39, 0.29) is 11.6 Å². The first-order valence-corrected chi connectivity index (χ1v) is 8.21. The smallest absolute Gasteiger partial charge is 0.272 e. The number of amides is 1. The number of hydrogen-bond donors (Lipinski definition) is 1. The van der Waals surface area contributed by atoms with Crippen LogP contribution in [0.25, 0.3) is 0 Å². The van der Waals surface area contributed by atoms with Crippen molar-refractivity contribution in [2.45, 2.75) is 13.8 Å². The number of rotatable bonds is 3. The monoisotopic (exact) mass is 432 g/mol. The normalized spacial score (nSPS) is 10.5. The third-order valence-electron chi connectivity index (χ3n) is 2.86. The molecular weight excluding hydrogens is 424 g/mol. The van der Waals surface area contributed by atoms with Crippen molar-refractivity contribution in [1.82, 2.24) is 0 Å². The van der Waals surface area contributed by atoms with E-state index in [1.165, 1.54) is 17.4 Å². The van der Waals surface area contributed by atoms with Gasteiger partial charge in [0.25, 0.3) is 11.6 Å². The van der Waals surface area contributed by atoms with Crippen molar-refractivity contribution in [2.75, 3.05) is 5.32 Å². The molecule has 0 saturated heterocycles. The lowest BCUT2D eigenvalue weighted by Crippen LogP contribution is -2.11. The summed E-state index contributed by atoms with van der Waals surface area (Å²) in [4.78, 5) is 23.2. The Labute approximate surface area is 141 Å². The van der Waals surface area contributed by atoms with E-state index in [9.17, 15) is 14.9 Å². The molecule has 0 bridgehead atoms. The number of anilines is 1. The summed E-state index contributed by atoms with van der Waals surface area (Å²) in [7, 11) is 0. The number of carbonyl (C=O) groups is 1. The molecule has 1 heterocycles. The molecule has 0 unspecified atom stereocenters. The molecule has 2 rings (SSSR count). The minimum atomic E-state index is -0.429. The molecule has 1 aromatic carbocycles. The lowest BCUT2D eigenvalue weighted by atomic mass is 10.1. The van der Waals surface area contributed by atoms with Crippen molar-refractivity contribution < 1.29 is 9.72 Å². The molecule has 1 amide bonds. The molecule has 8 heteroatoms. The maximum Gasteiger partial charge on any atom is 0.272 e. The number of nitro benzene ring substituents is 1. The maximum absolute atomic E-state index is 12.2. The van der Waals surface area contributed by atoms with Crippen molar-refractivity contribution in [1.29, 1.82) is 0 Å². The van der Waals surface area contributed by atoms with Gasteiger partial charge in [-0.1, -0.05) is 0 Å². The number of hydrogen-bond acceptors (Lipinski definition) is 4. The van der Waals surface area contributed by atoms with E-state index < -0.39 is 4.92 Å². The first-order valence-electron chi connectivity index (χ1n) is 5.81. The number of nitro groups is 1. The topological polar surface area (TPSA) is 72.2 Å². The second-order valence-corrected chi connectivity index (χ2v) is 7.62. The van der Waals surface area contributed by atoms with Gasteiger partial charge in [0.2, 0.25) is 0 Å². The molecule has 21 heavy (non-hydrogen) atoms. The molecule has 5 nitrogen and oxygen atoms in total. The van der Waals surface area contributed by atoms with Gasteiger partial charge in [-0.15, -0.1) is 11.3 Å². The third kappa shape index (κ3) is 3.50. The van der Waals surface area contributed by atoms with Crippen LogP contribution in [-0.2, 0) is 0 Å². The van der Waals surface area contributed by atoms with Crippen molar-refractivity contribution in [3.63, 3.8) is 0 Å². The fourth-order valence-electron chi connectivity index (χ4n) is 1.77. The van der Waals surface area contributed by atoms with Gasteiger partial charge in [-0.3, -0.25) is 14.9 Å². The fraction of sp³-hybridized carbons (Fsp3) is 0.154. The molecule has 2 aromatic rings. The molecule has 0 saturated carbocycles. The summed E-state index contributed by atoms with van der Waals surface area (Å²) in [5.41, 5.74) is 1.78. The van der Waals surface area contributed by atoms with Crippen LogP contribution in [-0.4, -0.2) is 10.8 Å². The van der Waals surface area contributed by atoms with Crippen LogP contribution in [0.5, 0.6) is 0 Å². The molecule has 0 aliphatic rings. The summed E-state index contributed by atoms with van der Waals surface area (Å²) in [6.45, 7) is 3.37. The van der Waals surface area contributed by atoms with Crippen molar-refractivity contribution in [2.24, 2.45) is 0 Å². The van der Waals surface area contributed by atoms with Gasteiger partial charge >= 0.3 is 0 Å². The Balaban J connectivity index is 2.29. The number of benzene rings is 1. The van der Waals surface area contributed by atoms with Crippen molar-refractivity contribution >= 4 is 60.5 Å². The van der Waals surface area contributed by atoms with Crippen LogP contribution < -0.4 is 5.32 Å². The van der Waals surface area contributed by atoms with Crippen LogP contribution in [0.15, 0.2) is 26.5 Å². The highest BCUT2D eigenvalue weighted by Crippen LogP contribution is 2.33. The van der Waals surface area contributed by atoms with Gasteiger partial charge in [0.15, 0.2) is 0 Å². The Morgan fingerprint density at radius 3 is 2.43 bits per heavy atom. The van der Waals surface area contributed by atoms with Crippen LogP contribution in [0, 0.1) is 24.0 Å². The average molecular weight is 434 g/mol. The molecule has 0 atom stereocenters. The fourth-order valence-corrected chi connectivity index (χ4v) is 3.71. The second kappa shape index (κ2) is 6.25. The SMILES string of the molecule is Cc1cc([N+](=O)[O-])c(C)cc1NC(=O)c1cc(Br)c(Br)s1. The zero-order valence-electron chi connectivity index (χ0n) is 11.1. The predicted octanol–water partition coefficient (Wildman–Crippen LogP) is 5.05. The van der Waals surface area contributed by atoms with Gasteiger partial charge in [-0.2, -0.15) is 0 Å². The van der Waals surface area contributed by atoms with Gasteiger partial charge in [-0.25, -0.2) is 0 Å². The van der Waals surface area contributed by atoms with Gasteiger partial charge in [0.1, 0.15) is 0 Å². The summed E-state index contributed by atoms with van der Waals surface area (Å²) in [5.74, 6) is -0.247. The predicted molar refractivity (Wildman–Crippen MR) is 90.2 cm³/mol. The Hall–Kier alpha value is -1.25. The molecule has 0 aliphatic carbocycles. The first kappa shape index (κ1) is 16.1. The Morgan fingerprint density at radius 2 is 1.90 bits per heavy atom. The number of aryl methyl sites for hydroxylation is 2. The van der Waals surface area contributed by atoms with Gasteiger partial charge < -0.3 is 5.32 Å². The van der Waals surface area contributed by atoms with E-state index in [1.807, 2.05) is 0 Å². The quantitative estimate of drug-likeness (QED) is 0.543. The van der Waals surface area contributed by atoms with Crippen LogP contribution in [0.1, 0.15) is 20.8 Å². The number of thiophene rings is 1. The molecule has 1 N–H and O–H groups in total. The van der Waals surface area contributed by atoms with E-state index in [4.69, 9.17) is 0 Å². The highest BCUT2D eigenvalue weighted by Gasteiger charge is 2.17. The molecule has 1 aromatic heterocycles. The molecule has 0 radical (unpaired) electrons. The largest absolute Gasteiger partial charge is 0.321 e. The minimum absolute atomic E-state index is 0.0483. The van der Waals surface area contributed by atoms with Crippen LogP contribution >= 0.6 is 43.2 Å². The van der Waals surface area contributed by atoms with Crippen LogP contribution in [0.2, 0.25) is 0 Å². The summed E-state index contributed by atoms with van der Waals surface area (Å²) in [6.07, 6.45) is 0. The lowest BCUT2D eigenvalue weighted by molar-refractivity contribution is -0.385. The second-order valence-electron chi connectivity index (χ2n) is 4.40. The standard InChI is InChI=1S/C13H10Br2N2O3S/c1-6-4-10(17(19)20)7(2)3-9(6)16-13(18)11-5-8(14)12(15)21-11/h3-5H,1-2H3,(H,16,18). The van der Waals surface area contributed by atoms with Crippen LogP contribution in [0.3, 0.4) is 0 Å². The summed E-state index contributed by atoms with van der Waals surface area (Å²) in [5, 5.41) is 13.7. The molecule has 110 valence electrons. The van der Waals surface area contributed by atoms with Crippen molar-refractivity contribution in [3.05, 3.63) is 52.6 Å².